The molecular weight excluding hydrogens is 388 g/mol. The lowest BCUT2D eigenvalue weighted by Gasteiger charge is -2.25. The third-order valence-electron chi connectivity index (χ3n) is 4.62. The van der Waals surface area contributed by atoms with E-state index in [1.165, 1.54) is 6.08 Å². The van der Waals surface area contributed by atoms with E-state index >= 15 is 0 Å². The van der Waals surface area contributed by atoms with Gasteiger partial charge in [0.05, 0.1) is 18.8 Å². The fraction of sp³-hybridized carbons (Fsp3) is 0.455. The Morgan fingerprint density at radius 2 is 2.10 bits per heavy atom. The van der Waals surface area contributed by atoms with Crippen molar-refractivity contribution in [3.05, 3.63) is 52.3 Å². The van der Waals surface area contributed by atoms with E-state index in [4.69, 9.17) is 16.3 Å². The van der Waals surface area contributed by atoms with Crippen LogP contribution in [0.2, 0.25) is 5.15 Å². The minimum Gasteiger partial charge on any atom is -0.497 e. The van der Waals surface area contributed by atoms with E-state index in [1.54, 1.807) is 17.9 Å². The summed E-state index contributed by atoms with van der Waals surface area (Å²) in [6.07, 6.45) is 3.24. The molecular formula is C22H31ClN4O2. The Balaban J connectivity index is 2.05. The Morgan fingerprint density at radius 3 is 2.72 bits per heavy atom. The van der Waals surface area contributed by atoms with Gasteiger partial charge in [-0.15, -0.1) is 0 Å². The van der Waals surface area contributed by atoms with Gasteiger partial charge in [0.25, 0.3) is 0 Å². The fourth-order valence-electron chi connectivity index (χ4n) is 3.09. The number of rotatable bonds is 9. The van der Waals surface area contributed by atoms with Crippen LogP contribution in [0.4, 0.5) is 0 Å². The number of aryl methyl sites for hydroxylation is 1. The molecule has 2 aromatic rings. The average molecular weight is 419 g/mol. The van der Waals surface area contributed by atoms with Crippen LogP contribution in [-0.2, 0) is 11.3 Å². The zero-order valence-corrected chi connectivity index (χ0v) is 18.8. The number of carbonyl (C=O) groups is 1. The number of benzene rings is 1. The molecule has 0 radical (unpaired) electrons. The molecule has 1 unspecified atom stereocenters. The lowest BCUT2D eigenvalue weighted by atomic mass is 10.1. The lowest BCUT2D eigenvalue weighted by Crippen LogP contribution is -2.33. The summed E-state index contributed by atoms with van der Waals surface area (Å²) in [6, 6.07) is 7.90. The van der Waals surface area contributed by atoms with Gasteiger partial charge in [0.15, 0.2) is 0 Å². The van der Waals surface area contributed by atoms with E-state index in [0.29, 0.717) is 17.6 Å². The third-order valence-corrected chi connectivity index (χ3v) is 5.02. The molecule has 1 amide bonds. The lowest BCUT2D eigenvalue weighted by molar-refractivity contribution is -0.116. The predicted octanol–water partition coefficient (Wildman–Crippen LogP) is 3.94. The monoisotopic (exact) mass is 418 g/mol. The first kappa shape index (κ1) is 23.0. The zero-order valence-electron chi connectivity index (χ0n) is 18.1. The van der Waals surface area contributed by atoms with Crippen LogP contribution in [0.1, 0.15) is 36.7 Å². The van der Waals surface area contributed by atoms with E-state index < -0.39 is 0 Å². The number of nitrogens with zero attached hydrogens (tertiary/aromatic N) is 3. The van der Waals surface area contributed by atoms with Gasteiger partial charge in [-0.1, -0.05) is 37.6 Å². The van der Waals surface area contributed by atoms with Crippen molar-refractivity contribution in [1.29, 1.82) is 0 Å². The number of hydrogen-bond acceptors (Lipinski definition) is 4. The molecule has 0 spiro atoms. The van der Waals surface area contributed by atoms with Crippen molar-refractivity contribution in [3.8, 4) is 5.75 Å². The number of amides is 1. The second kappa shape index (κ2) is 10.5. The van der Waals surface area contributed by atoms with Gasteiger partial charge < -0.3 is 15.0 Å². The second-order valence-electron chi connectivity index (χ2n) is 7.70. The minimum absolute atomic E-state index is 0.0292. The summed E-state index contributed by atoms with van der Waals surface area (Å²) in [5, 5.41) is 7.99. The highest BCUT2D eigenvalue weighted by atomic mass is 35.5. The number of aromatic nitrogens is 2. The number of nitrogens with one attached hydrogen (secondary N) is 1. The van der Waals surface area contributed by atoms with Gasteiger partial charge in [-0.3, -0.25) is 9.48 Å². The van der Waals surface area contributed by atoms with Crippen LogP contribution < -0.4 is 10.1 Å². The summed E-state index contributed by atoms with van der Waals surface area (Å²) in [6.45, 7) is 7.33. The van der Waals surface area contributed by atoms with E-state index in [9.17, 15) is 4.79 Å². The summed E-state index contributed by atoms with van der Waals surface area (Å²) in [4.78, 5) is 14.5. The Bertz CT molecular complexity index is 858. The largest absolute Gasteiger partial charge is 0.497 e. The first-order valence-electron chi connectivity index (χ1n) is 9.72. The first-order valence-corrected chi connectivity index (χ1v) is 10.1. The molecule has 2 rings (SSSR count). The molecule has 1 aromatic heterocycles. The van der Waals surface area contributed by atoms with E-state index in [-0.39, 0.29) is 11.9 Å². The Labute approximate surface area is 178 Å². The van der Waals surface area contributed by atoms with Crippen molar-refractivity contribution in [3.63, 3.8) is 0 Å². The van der Waals surface area contributed by atoms with Crippen LogP contribution in [-0.4, -0.2) is 48.3 Å². The summed E-state index contributed by atoms with van der Waals surface area (Å²) in [5.41, 5.74) is 2.66. The summed E-state index contributed by atoms with van der Waals surface area (Å²) in [7, 11) is 5.61. The van der Waals surface area contributed by atoms with Crippen molar-refractivity contribution in [1.82, 2.24) is 20.0 Å². The van der Waals surface area contributed by atoms with Crippen molar-refractivity contribution in [2.24, 2.45) is 5.92 Å². The first-order chi connectivity index (χ1) is 13.7. The highest BCUT2D eigenvalue weighted by molar-refractivity contribution is 6.31. The molecule has 1 N–H and O–H groups in total. The molecule has 6 nitrogen and oxygen atoms in total. The Morgan fingerprint density at radius 1 is 1.38 bits per heavy atom. The van der Waals surface area contributed by atoms with Crippen LogP contribution in [0.5, 0.6) is 5.75 Å². The summed E-state index contributed by atoms with van der Waals surface area (Å²) in [5.74, 6) is 1.06. The molecule has 1 heterocycles. The molecule has 1 aromatic carbocycles. The number of likely N-dealkylation sites (N-methyl/N-ethyl adjacent to an activating group) is 1. The Kier molecular flexibility index (Phi) is 8.29. The normalized spacial score (nSPS) is 12.7. The van der Waals surface area contributed by atoms with Gasteiger partial charge in [0.2, 0.25) is 5.91 Å². The standard InChI is InChI=1S/C22H31ClN4O2/c1-15(2)14-27-22(23)19(16(3)25-27)10-11-21(28)24-13-20(26(4)5)17-8-7-9-18(12-17)29-6/h7-12,15,20H,13-14H2,1-6H3,(H,24,28). The fourth-order valence-corrected chi connectivity index (χ4v) is 3.39. The number of carbonyl (C=O) groups excluding carboxylic acids is 1. The van der Waals surface area contributed by atoms with Crippen LogP contribution >= 0.6 is 11.6 Å². The van der Waals surface area contributed by atoms with Crippen molar-refractivity contribution < 1.29 is 9.53 Å². The highest BCUT2D eigenvalue weighted by Gasteiger charge is 2.16. The van der Waals surface area contributed by atoms with Crippen LogP contribution in [0.15, 0.2) is 30.3 Å². The molecule has 0 aliphatic heterocycles. The molecule has 0 fully saturated rings. The van der Waals surface area contributed by atoms with Gasteiger partial charge >= 0.3 is 0 Å². The number of methoxy groups -OCH3 is 1. The quantitative estimate of drug-likeness (QED) is 0.626. The van der Waals surface area contributed by atoms with Crippen LogP contribution in [0.25, 0.3) is 6.08 Å². The minimum atomic E-state index is -0.174. The number of ether oxygens (including phenoxy) is 1. The van der Waals surface area contributed by atoms with Gasteiger partial charge in [0, 0.05) is 24.7 Å². The van der Waals surface area contributed by atoms with Crippen molar-refractivity contribution in [2.75, 3.05) is 27.7 Å². The molecule has 7 heteroatoms. The maximum atomic E-state index is 12.4. The molecule has 0 aliphatic rings. The van der Waals surface area contributed by atoms with E-state index in [2.05, 4.69) is 29.2 Å². The van der Waals surface area contributed by atoms with Gasteiger partial charge in [-0.25, -0.2) is 0 Å². The average Bonchev–Trinajstić information content (AvgIpc) is 2.92. The van der Waals surface area contributed by atoms with Gasteiger partial charge in [-0.05, 0) is 50.7 Å². The predicted molar refractivity (Wildman–Crippen MR) is 118 cm³/mol. The van der Waals surface area contributed by atoms with E-state index in [0.717, 1.165) is 29.1 Å². The van der Waals surface area contributed by atoms with Gasteiger partial charge in [-0.2, -0.15) is 5.10 Å². The van der Waals surface area contributed by atoms with E-state index in [1.807, 2.05) is 45.3 Å². The maximum Gasteiger partial charge on any atom is 0.244 e. The molecule has 0 saturated heterocycles. The SMILES string of the molecule is COc1cccc(C(CNC(=O)C=Cc2c(C)nn(CC(C)C)c2Cl)N(C)C)c1. The van der Waals surface area contributed by atoms with Crippen LogP contribution in [0, 0.1) is 12.8 Å². The summed E-state index contributed by atoms with van der Waals surface area (Å²) < 4.78 is 7.09. The molecule has 29 heavy (non-hydrogen) atoms. The second-order valence-corrected chi connectivity index (χ2v) is 8.06. The van der Waals surface area contributed by atoms with Crippen LogP contribution in [0.3, 0.4) is 0 Å². The molecule has 158 valence electrons. The number of hydrogen-bond donors (Lipinski definition) is 1. The number of halogens is 1. The molecule has 1 atom stereocenters. The zero-order chi connectivity index (χ0) is 21.6. The maximum absolute atomic E-state index is 12.4. The molecule has 0 bridgehead atoms. The smallest absolute Gasteiger partial charge is 0.244 e. The summed E-state index contributed by atoms with van der Waals surface area (Å²) >= 11 is 6.43. The topological polar surface area (TPSA) is 59.4 Å². The molecule has 0 aliphatic carbocycles. The Hall–Kier alpha value is -2.31. The van der Waals surface area contributed by atoms with Gasteiger partial charge in [0.1, 0.15) is 10.9 Å². The third kappa shape index (κ3) is 6.34. The molecule has 0 saturated carbocycles. The van der Waals surface area contributed by atoms with Crippen molar-refractivity contribution in [2.45, 2.75) is 33.4 Å². The van der Waals surface area contributed by atoms with Crippen molar-refractivity contribution >= 4 is 23.6 Å². The highest BCUT2D eigenvalue weighted by Crippen LogP contribution is 2.23.